The van der Waals surface area contributed by atoms with E-state index in [-0.39, 0.29) is 0 Å². The summed E-state index contributed by atoms with van der Waals surface area (Å²) in [7, 11) is 0. The van der Waals surface area contributed by atoms with Gasteiger partial charge in [0.15, 0.2) is 5.96 Å². The quantitative estimate of drug-likeness (QED) is 0.321. The number of likely N-dealkylation sites (N-methyl/N-ethyl adjacent to an activating group) is 3. The second-order valence-electron chi connectivity index (χ2n) is 12.5. The van der Waals surface area contributed by atoms with Gasteiger partial charge < -0.3 is 35.0 Å². The molecule has 6 aliphatic heterocycles. The van der Waals surface area contributed by atoms with Crippen LogP contribution in [0, 0.1) is 16.2 Å². The van der Waals surface area contributed by atoms with Gasteiger partial charge in [0.05, 0.1) is 37.6 Å². The molecule has 1 aromatic rings. The molecule has 53 heavy (non-hydrogen) atoms. The largest absolute Gasteiger partial charge is 0.463 e. The van der Waals surface area contributed by atoms with Crippen molar-refractivity contribution in [1.82, 2.24) is 39.3 Å². The molecule has 1 aromatic heterocycles. The maximum Gasteiger partial charge on any atom is 0.284 e. The molecule has 302 valence electrons. The van der Waals surface area contributed by atoms with Gasteiger partial charge in [0.25, 0.3) is 6.02 Å². The molecule has 3 fully saturated rings. The molecule has 3 saturated heterocycles. The van der Waals surface area contributed by atoms with Gasteiger partial charge in [-0.3, -0.25) is 35.9 Å². The number of nitrogens with one attached hydrogen (secondary N) is 3. The fourth-order valence-electron chi connectivity index (χ4n) is 5.55. The van der Waals surface area contributed by atoms with Crippen molar-refractivity contribution in [3.8, 4) is 0 Å². The van der Waals surface area contributed by atoms with E-state index in [9.17, 15) is 0 Å². The highest BCUT2D eigenvalue weighted by Crippen LogP contribution is 2.08. The lowest BCUT2D eigenvalue weighted by atomic mass is 10.4. The van der Waals surface area contributed by atoms with Crippen LogP contribution in [0.5, 0.6) is 0 Å². The Morgan fingerprint density at radius 1 is 0.698 bits per heavy atom. The number of guanidine groups is 1. The molecule has 0 saturated carbocycles. The van der Waals surface area contributed by atoms with Crippen molar-refractivity contribution in [2.45, 2.75) is 87.1 Å². The third kappa shape index (κ3) is 19.9. The van der Waals surface area contributed by atoms with Gasteiger partial charge in [-0.05, 0) is 67.4 Å². The van der Waals surface area contributed by atoms with Gasteiger partial charge in [-0.15, -0.1) is 0 Å². The lowest BCUT2D eigenvalue weighted by molar-refractivity contribution is 0.337. The van der Waals surface area contributed by atoms with Crippen LogP contribution in [0.1, 0.15) is 80.6 Å². The van der Waals surface area contributed by atoms with E-state index in [1.54, 1.807) is 6.20 Å². The standard InChI is InChI=1S/2C6H12N2.C5H11N3.C5H10N2O.2C5H10N2.C5H8N2/c2*1-2-8-5-3-4-6(8)7;1-2-8-4-3-7-5(8)6;1-2-7-3-4-8-5(7)6;1-2-7-4-3-6-5-7;2*1-2-7-5-3-4-6-7/h2*7H,2-5H2,1H3;2-4H2,1H3,(H2,6,7);6H,2-4H2,1H3;5H,2-4H2,1H3;4H,2-3,5H2,1H3;3-5H,2H2,1H3. The van der Waals surface area contributed by atoms with E-state index in [0.29, 0.717) is 18.6 Å². The number of nitrogens with zero attached hydrogens (tertiary/aromatic N) is 11. The Kier molecular flexibility index (Phi) is 25.6. The predicted molar refractivity (Wildman–Crippen MR) is 222 cm³/mol. The number of nitrogens with two attached hydrogens (primary N) is 1. The lowest BCUT2D eigenvalue weighted by Gasteiger charge is -2.13. The number of hydrogen-bond donors (Lipinski definition) is 4. The van der Waals surface area contributed by atoms with E-state index in [0.717, 1.165) is 129 Å². The van der Waals surface area contributed by atoms with Gasteiger partial charge in [-0.25, -0.2) is 0 Å². The average molecular weight is 744 g/mol. The Labute approximate surface area is 320 Å². The number of hydrogen-bond acceptors (Lipinski definition) is 12. The van der Waals surface area contributed by atoms with Crippen molar-refractivity contribution in [3.63, 3.8) is 0 Å². The molecule has 0 bridgehead atoms. The number of aryl methyl sites for hydroxylation is 1. The van der Waals surface area contributed by atoms with E-state index < -0.39 is 0 Å². The van der Waals surface area contributed by atoms with Crippen LogP contribution < -0.4 is 5.73 Å². The summed E-state index contributed by atoms with van der Waals surface area (Å²) in [5.74, 6) is 2.35. The van der Waals surface area contributed by atoms with E-state index in [1.165, 1.54) is 12.8 Å². The fraction of sp³-hybridized carbons (Fsp3) is 0.757. The highest BCUT2D eigenvalue weighted by Gasteiger charge is 2.15. The number of hydrazone groups is 1. The number of aliphatic imine (C=N–C) groups is 2. The van der Waals surface area contributed by atoms with Crippen LogP contribution in [-0.2, 0) is 11.3 Å². The monoisotopic (exact) mass is 744 g/mol. The first-order valence-electron chi connectivity index (χ1n) is 19.8. The van der Waals surface area contributed by atoms with Gasteiger partial charge in [-0.1, -0.05) is 0 Å². The predicted octanol–water partition coefficient (Wildman–Crippen LogP) is 4.02. The molecule has 0 unspecified atom stereocenters. The molecule has 7 heterocycles. The third-order valence-electron chi connectivity index (χ3n) is 9.01. The molecule has 5 N–H and O–H groups in total. The SMILES string of the molecule is CCN1C=NCC1.CCN1CCC=N1.CCN1CCCC1=N.CCN1CCCC1=N.CCN1CCN=C1N.CCN1CCOC1=N.CCn1cccn1. The molecule has 7 rings (SSSR count). The van der Waals surface area contributed by atoms with Crippen LogP contribution in [-0.4, -0.2) is 174 Å². The molecule has 0 spiro atoms. The zero-order valence-corrected chi connectivity index (χ0v) is 34.1. The van der Waals surface area contributed by atoms with E-state index in [2.05, 4.69) is 86.3 Å². The van der Waals surface area contributed by atoms with Crippen molar-refractivity contribution in [1.29, 1.82) is 16.2 Å². The molecule has 6 aliphatic rings. The summed E-state index contributed by atoms with van der Waals surface area (Å²) in [6, 6.07) is 2.25. The minimum absolute atomic E-state index is 0.326. The highest BCUT2D eigenvalue weighted by atomic mass is 16.5. The van der Waals surface area contributed by atoms with Crippen molar-refractivity contribution in [3.05, 3.63) is 18.5 Å². The molecule has 0 aliphatic carbocycles. The van der Waals surface area contributed by atoms with Crippen LogP contribution in [0.2, 0.25) is 0 Å². The van der Waals surface area contributed by atoms with Gasteiger partial charge in [-0.2, -0.15) is 10.2 Å². The topological polar surface area (TPSA) is 181 Å². The number of rotatable bonds is 7. The van der Waals surface area contributed by atoms with E-state index >= 15 is 0 Å². The first kappa shape index (κ1) is 46.7. The minimum Gasteiger partial charge on any atom is -0.463 e. The van der Waals surface area contributed by atoms with Crippen LogP contribution in [0.3, 0.4) is 0 Å². The lowest BCUT2D eigenvalue weighted by Crippen LogP contribution is -2.33. The van der Waals surface area contributed by atoms with Crippen LogP contribution in [0.25, 0.3) is 0 Å². The Morgan fingerprint density at radius 2 is 1.34 bits per heavy atom. The Hall–Kier alpha value is -4.37. The summed E-state index contributed by atoms with van der Waals surface area (Å²) in [5, 5.41) is 31.8. The summed E-state index contributed by atoms with van der Waals surface area (Å²) in [4.78, 5) is 18.4. The van der Waals surface area contributed by atoms with Crippen LogP contribution >= 0.6 is 0 Å². The van der Waals surface area contributed by atoms with E-state index in [1.807, 2.05) is 41.3 Å². The van der Waals surface area contributed by atoms with Gasteiger partial charge in [0, 0.05) is 116 Å². The Morgan fingerprint density at radius 3 is 1.57 bits per heavy atom. The zero-order valence-electron chi connectivity index (χ0n) is 34.1. The minimum atomic E-state index is 0.326. The summed E-state index contributed by atoms with van der Waals surface area (Å²) < 4.78 is 6.74. The zero-order chi connectivity index (χ0) is 39.3. The van der Waals surface area contributed by atoms with Crippen LogP contribution in [0.15, 0.2) is 33.5 Å². The number of likely N-dealkylation sites (tertiary alicyclic amines) is 2. The normalized spacial score (nSPS) is 18.0. The molecule has 0 atom stereocenters. The van der Waals surface area contributed by atoms with Crippen LogP contribution in [0.4, 0.5) is 0 Å². The molecule has 0 amide bonds. The maximum atomic E-state index is 7.33. The number of amidine groups is 3. The Balaban J connectivity index is 0.000000309. The average Bonchev–Trinajstić information content (AvgIpc) is 4.04. The second kappa shape index (κ2) is 29.1. The molecule has 0 radical (unpaired) electrons. The maximum absolute atomic E-state index is 7.33. The summed E-state index contributed by atoms with van der Waals surface area (Å²) in [6.45, 7) is 30.5. The van der Waals surface area contributed by atoms with E-state index in [4.69, 9.17) is 26.7 Å². The first-order chi connectivity index (χ1) is 25.7. The highest BCUT2D eigenvalue weighted by molar-refractivity contribution is 5.81. The molecule has 16 heteroatoms. The number of ether oxygens (including phenoxy) is 1. The molecule has 16 nitrogen and oxygen atoms in total. The number of aromatic nitrogens is 2. The summed E-state index contributed by atoms with van der Waals surface area (Å²) in [5.41, 5.74) is 5.47. The van der Waals surface area contributed by atoms with Gasteiger partial charge in [0.1, 0.15) is 6.61 Å². The smallest absolute Gasteiger partial charge is 0.284 e. The summed E-state index contributed by atoms with van der Waals surface area (Å²) in [6.07, 6.45) is 13.1. The summed E-state index contributed by atoms with van der Waals surface area (Å²) >= 11 is 0. The van der Waals surface area contributed by atoms with Gasteiger partial charge in [0.2, 0.25) is 0 Å². The third-order valence-corrected chi connectivity index (χ3v) is 9.01. The van der Waals surface area contributed by atoms with Crippen molar-refractivity contribution in [2.24, 2.45) is 20.8 Å². The van der Waals surface area contributed by atoms with Crippen molar-refractivity contribution < 1.29 is 4.74 Å². The molecular formula is C37H73N15O. The molecule has 0 aromatic carbocycles. The van der Waals surface area contributed by atoms with Gasteiger partial charge >= 0.3 is 0 Å². The second-order valence-corrected chi connectivity index (χ2v) is 12.5. The fourth-order valence-corrected chi connectivity index (χ4v) is 5.55. The molecular weight excluding hydrogens is 671 g/mol. The Bertz CT molecular complexity index is 1120. The first-order valence-corrected chi connectivity index (χ1v) is 19.8. The van der Waals surface area contributed by atoms with Crippen molar-refractivity contribution >= 4 is 36.2 Å². The van der Waals surface area contributed by atoms with Crippen molar-refractivity contribution in [2.75, 3.05) is 98.2 Å².